The van der Waals surface area contributed by atoms with Gasteiger partial charge in [0.05, 0.1) is 34.9 Å². The molecule has 2 heterocycles. The Balaban J connectivity index is 1.88. The van der Waals surface area contributed by atoms with Gasteiger partial charge in [-0.1, -0.05) is 12.1 Å². The van der Waals surface area contributed by atoms with E-state index in [2.05, 4.69) is 20.3 Å². The number of pyridine rings is 1. The Morgan fingerprint density at radius 3 is 2.62 bits per heavy atom. The lowest BCUT2D eigenvalue weighted by atomic mass is 10.0. The number of methoxy groups -OCH3 is 1. The maximum Gasteiger partial charge on any atom is 0.177 e. The Morgan fingerprint density at radius 2 is 1.83 bits per heavy atom. The summed E-state index contributed by atoms with van der Waals surface area (Å²) in [6, 6.07) is 12.9. The molecule has 0 unspecified atom stereocenters. The number of sulfone groups is 1. The largest absolute Gasteiger partial charge is 0.497 e. The molecule has 0 amide bonds. The summed E-state index contributed by atoms with van der Waals surface area (Å²) in [5, 5.41) is 3.17. The van der Waals surface area contributed by atoms with E-state index < -0.39 is 9.84 Å². The van der Waals surface area contributed by atoms with Crippen LogP contribution in [0.3, 0.4) is 0 Å². The molecule has 2 aromatic carbocycles. The summed E-state index contributed by atoms with van der Waals surface area (Å²) in [5.41, 5.74) is 4.25. The van der Waals surface area contributed by atoms with Gasteiger partial charge in [-0.15, -0.1) is 0 Å². The highest BCUT2D eigenvalue weighted by Crippen LogP contribution is 2.33. The van der Waals surface area contributed by atoms with Crippen LogP contribution >= 0.6 is 0 Å². The molecular weight excluding hydrogens is 388 g/mol. The van der Waals surface area contributed by atoms with Gasteiger partial charge in [0.1, 0.15) is 5.75 Å². The van der Waals surface area contributed by atoms with Gasteiger partial charge in [-0.05, 0) is 35.9 Å². The van der Waals surface area contributed by atoms with Gasteiger partial charge in [0.25, 0.3) is 0 Å². The number of ether oxygens (including phenoxy) is 1. The number of benzene rings is 2. The Kier molecular flexibility index (Phi) is 4.85. The van der Waals surface area contributed by atoms with E-state index >= 15 is 0 Å². The standard InChI is InChI=1S/C21H18N4O3S/c1-28-16-5-3-4-14(10-16)17-11-15(12-18-21(17)24-9-8-23-18)25-19-13-22-7-6-20(19)29(2,26)27/h3-13,25H,1-2H3. The van der Waals surface area contributed by atoms with E-state index in [0.29, 0.717) is 16.9 Å². The van der Waals surface area contributed by atoms with Crippen molar-refractivity contribution in [1.82, 2.24) is 15.0 Å². The van der Waals surface area contributed by atoms with Crippen LogP contribution in [0, 0.1) is 0 Å². The maximum atomic E-state index is 12.1. The molecule has 0 aliphatic heterocycles. The third kappa shape index (κ3) is 3.88. The van der Waals surface area contributed by atoms with Crippen molar-refractivity contribution in [3.63, 3.8) is 0 Å². The summed E-state index contributed by atoms with van der Waals surface area (Å²) in [4.78, 5) is 13.1. The van der Waals surface area contributed by atoms with E-state index in [1.54, 1.807) is 19.5 Å². The molecule has 4 aromatic rings. The number of hydrogen-bond donors (Lipinski definition) is 1. The molecule has 0 saturated carbocycles. The van der Waals surface area contributed by atoms with Crippen molar-refractivity contribution in [2.75, 3.05) is 18.7 Å². The highest BCUT2D eigenvalue weighted by molar-refractivity contribution is 7.90. The zero-order valence-corrected chi connectivity index (χ0v) is 16.6. The third-order valence-corrected chi connectivity index (χ3v) is 5.57. The Hall–Kier alpha value is -3.52. The van der Waals surface area contributed by atoms with Gasteiger partial charge in [0.15, 0.2) is 9.84 Å². The first-order valence-electron chi connectivity index (χ1n) is 8.76. The fourth-order valence-corrected chi connectivity index (χ4v) is 3.92. The number of rotatable bonds is 5. The summed E-state index contributed by atoms with van der Waals surface area (Å²) < 4.78 is 29.6. The molecule has 146 valence electrons. The van der Waals surface area contributed by atoms with Crippen molar-refractivity contribution in [3.8, 4) is 16.9 Å². The number of aromatic nitrogens is 3. The smallest absolute Gasteiger partial charge is 0.177 e. The molecule has 0 radical (unpaired) electrons. The molecule has 0 aliphatic carbocycles. The van der Waals surface area contributed by atoms with Crippen molar-refractivity contribution in [3.05, 3.63) is 67.3 Å². The molecule has 0 aliphatic rings. The summed E-state index contributed by atoms with van der Waals surface area (Å²) in [6.45, 7) is 0. The van der Waals surface area contributed by atoms with Crippen molar-refractivity contribution >= 4 is 32.2 Å². The number of nitrogens with one attached hydrogen (secondary N) is 1. The van der Waals surface area contributed by atoms with E-state index in [-0.39, 0.29) is 4.90 Å². The molecule has 7 nitrogen and oxygen atoms in total. The summed E-state index contributed by atoms with van der Waals surface area (Å²) >= 11 is 0. The summed E-state index contributed by atoms with van der Waals surface area (Å²) in [6.07, 6.45) is 7.37. The molecule has 1 N–H and O–H groups in total. The lowest BCUT2D eigenvalue weighted by Gasteiger charge is -2.13. The minimum Gasteiger partial charge on any atom is -0.497 e. The fourth-order valence-electron chi connectivity index (χ4n) is 3.11. The number of anilines is 2. The monoisotopic (exact) mass is 406 g/mol. The molecule has 0 bridgehead atoms. The molecule has 0 atom stereocenters. The minimum absolute atomic E-state index is 0.176. The molecular formula is C21H18N4O3S. The maximum absolute atomic E-state index is 12.1. The zero-order valence-electron chi connectivity index (χ0n) is 15.8. The number of hydrogen-bond acceptors (Lipinski definition) is 7. The zero-order chi connectivity index (χ0) is 20.4. The van der Waals surface area contributed by atoms with Crippen molar-refractivity contribution in [2.45, 2.75) is 4.90 Å². The van der Waals surface area contributed by atoms with Crippen LogP contribution in [0.5, 0.6) is 5.75 Å². The molecule has 0 saturated heterocycles. The lowest BCUT2D eigenvalue weighted by Crippen LogP contribution is -2.03. The average molecular weight is 406 g/mol. The van der Waals surface area contributed by atoms with Gasteiger partial charge < -0.3 is 10.1 Å². The second-order valence-electron chi connectivity index (χ2n) is 6.45. The van der Waals surface area contributed by atoms with Crippen LogP contribution in [0.15, 0.2) is 72.1 Å². The second kappa shape index (κ2) is 7.48. The van der Waals surface area contributed by atoms with Gasteiger partial charge in [-0.25, -0.2) is 8.42 Å². The second-order valence-corrected chi connectivity index (χ2v) is 8.43. The molecule has 2 aromatic heterocycles. The van der Waals surface area contributed by atoms with Crippen molar-refractivity contribution < 1.29 is 13.2 Å². The minimum atomic E-state index is -3.41. The summed E-state index contributed by atoms with van der Waals surface area (Å²) in [5.74, 6) is 0.726. The van der Waals surface area contributed by atoms with Crippen LogP contribution in [0.2, 0.25) is 0 Å². The molecule has 29 heavy (non-hydrogen) atoms. The third-order valence-electron chi connectivity index (χ3n) is 4.41. The molecule has 4 rings (SSSR count). The van der Waals surface area contributed by atoms with E-state index in [4.69, 9.17) is 4.74 Å². The number of nitrogens with zero attached hydrogens (tertiary/aromatic N) is 3. The van der Waals surface area contributed by atoms with Gasteiger partial charge in [0.2, 0.25) is 0 Å². The first-order valence-corrected chi connectivity index (χ1v) is 10.6. The van der Waals surface area contributed by atoms with Crippen molar-refractivity contribution in [2.24, 2.45) is 0 Å². The first-order chi connectivity index (χ1) is 14.0. The van der Waals surface area contributed by atoms with Crippen LogP contribution in [0.25, 0.3) is 22.2 Å². The van der Waals surface area contributed by atoms with Gasteiger partial charge in [0, 0.05) is 36.1 Å². The van der Waals surface area contributed by atoms with E-state index in [9.17, 15) is 8.42 Å². The fraction of sp³-hybridized carbons (Fsp3) is 0.0952. The first kappa shape index (κ1) is 18.8. The highest BCUT2D eigenvalue weighted by Gasteiger charge is 2.15. The van der Waals surface area contributed by atoms with Gasteiger partial charge in [-0.3, -0.25) is 15.0 Å². The quantitative estimate of drug-likeness (QED) is 0.538. The molecule has 0 fully saturated rings. The normalized spacial score (nSPS) is 11.4. The van der Waals surface area contributed by atoms with Crippen molar-refractivity contribution in [1.29, 1.82) is 0 Å². The predicted molar refractivity (Wildman–Crippen MR) is 112 cm³/mol. The van der Waals surface area contributed by atoms with Crippen LogP contribution < -0.4 is 10.1 Å². The highest BCUT2D eigenvalue weighted by atomic mass is 32.2. The lowest BCUT2D eigenvalue weighted by molar-refractivity contribution is 0.415. The SMILES string of the molecule is COc1cccc(-c2cc(Nc3cnccc3S(C)(=O)=O)cc3nccnc23)c1. The van der Waals surface area contributed by atoms with Crippen LogP contribution in [-0.2, 0) is 9.84 Å². The van der Waals surface area contributed by atoms with Gasteiger partial charge in [-0.2, -0.15) is 0 Å². The summed E-state index contributed by atoms with van der Waals surface area (Å²) in [7, 11) is -1.80. The van der Waals surface area contributed by atoms with E-state index in [0.717, 1.165) is 22.4 Å². The van der Waals surface area contributed by atoms with Crippen LogP contribution in [-0.4, -0.2) is 36.7 Å². The van der Waals surface area contributed by atoms with Gasteiger partial charge >= 0.3 is 0 Å². The Bertz CT molecular complexity index is 1310. The van der Waals surface area contributed by atoms with E-state index in [1.165, 1.54) is 24.7 Å². The van der Waals surface area contributed by atoms with Crippen LogP contribution in [0.1, 0.15) is 0 Å². The number of fused-ring (bicyclic) bond motifs is 1. The predicted octanol–water partition coefficient (Wildman–Crippen LogP) is 3.85. The average Bonchev–Trinajstić information content (AvgIpc) is 2.73. The Morgan fingerprint density at radius 1 is 1.00 bits per heavy atom. The topological polar surface area (TPSA) is 94.1 Å². The van der Waals surface area contributed by atoms with Crippen LogP contribution in [0.4, 0.5) is 11.4 Å². The molecule has 8 heteroatoms. The van der Waals surface area contributed by atoms with E-state index in [1.807, 2.05) is 36.4 Å². The molecule has 0 spiro atoms. The Labute approximate surface area is 168 Å².